The van der Waals surface area contributed by atoms with Crippen molar-refractivity contribution in [1.82, 2.24) is 0 Å². The smallest absolute Gasteiger partial charge is 0.224 e. The Morgan fingerprint density at radius 2 is 1.90 bits per heavy atom. The molecular weight excluding hydrogens is 248 g/mol. The van der Waals surface area contributed by atoms with E-state index in [9.17, 15) is 4.79 Å². The Labute approximate surface area is 119 Å². The van der Waals surface area contributed by atoms with Crippen LogP contribution in [0.4, 0.5) is 11.4 Å². The maximum Gasteiger partial charge on any atom is 0.224 e. The number of nitrogens with one attached hydrogen (secondary N) is 1. The van der Waals surface area contributed by atoms with Crippen LogP contribution in [0.15, 0.2) is 48.5 Å². The van der Waals surface area contributed by atoms with Crippen LogP contribution in [0.2, 0.25) is 0 Å². The first-order chi connectivity index (χ1) is 9.65. The van der Waals surface area contributed by atoms with Crippen LogP contribution in [0.1, 0.15) is 24.0 Å². The van der Waals surface area contributed by atoms with E-state index in [0.717, 1.165) is 24.1 Å². The van der Waals surface area contributed by atoms with Gasteiger partial charge in [0.05, 0.1) is 0 Å². The monoisotopic (exact) mass is 268 g/mol. The molecule has 20 heavy (non-hydrogen) atoms. The third-order valence-electron chi connectivity index (χ3n) is 3.24. The number of hydrogen-bond donors (Lipinski definition) is 2. The number of carbonyl (C=O) groups excluding carboxylic acids is 1. The van der Waals surface area contributed by atoms with Crippen molar-refractivity contribution in [2.24, 2.45) is 0 Å². The summed E-state index contributed by atoms with van der Waals surface area (Å²) in [6, 6.07) is 15.7. The van der Waals surface area contributed by atoms with Crippen molar-refractivity contribution in [2.75, 3.05) is 11.1 Å². The first-order valence-corrected chi connectivity index (χ1v) is 6.85. The van der Waals surface area contributed by atoms with Gasteiger partial charge in [0.2, 0.25) is 5.91 Å². The Morgan fingerprint density at radius 1 is 1.15 bits per heavy atom. The molecule has 2 rings (SSSR count). The second kappa shape index (κ2) is 6.75. The van der Waals surface area contributed by atoms with Crippen LogP contribution in [-0.2, 0) is 11.2 Å². The standard InChI is InChI=1S/C17H20N2O/c1-13-12-15(18)10-11-16(13)19-17(20)9-5-8-14-6-3-2-4-7-14/h2-4,6-7,10-12H,5,8-9,18H2,1H3,(H,19,20). The number of hydrogen-bond acceptors (Lipinski definition) is 2. The van der Waals surface area contributed by atoms with E-state index >= 15 is 0 Å². The highest BCUT2D eigenvalue weighted by Gasteiger charge is 2.05. The van der Waals surface area contributed by atoms with Crippen molar-refractivity contribution in [3.63, 3.8) is 0 Å². The van der Waals surface area contributed by atoms with E-state index in [4.69, 9.17) is 5.73 Å². The van der Waals surface area contributed by atoms with Crippen molar-refractivity contribution in [3.8, 4) is 0 Å². The van der Waals surface area contributed by atoms with Crippen molar-refractivity contribution >= 4 is 17.3 Å². The zero-order valence-electron chi connectivity index (χ0n) is 11.7. The highest BCUT2D eigenvalue weighted by atomic mass is 16.1. The van der Waals surface area contributed by atoms with Crippen LogP contribution in [0.3, 0.4) is 0 Å². The Bertz CT molecular complexity index is 579. The highest BCUT2D eigenvalue weighted by Crippen LogP contribution is 2.18. The summed E-state index contributed by atoms with van der Waals surface area (Å²) in [5.41, 5.74) is 9.49. The average Bonchev–Trinajstić information content (AvgIpc) is 2.43. The molecule has 0 radical (unpaired) electrons. The molecule has 0 aliphatic carbocycles. The molecule has 0 saturated carbocycles. The summed E-state index contributed by atoms with van der Waals surface area (Å²) in [6.45, 7) is 1.94. The van der Waals surface area contributed by atoms with E-state index in [-0.39, 0.29) is 5.91 Å². The van der Waals surface area contributed by atoms with Gasteiger partial charge in [-0.25, -0.2) is 0 Å². The summed E-state index contributed by atoms with van der Waals surface area (Å²) >= 11 is 0. The molecule has 3 heteroatoms. The second-order valence-electron chi connectivity index (χ2n) is 4.96. The summed E-state index contributed by atoms with van der Waals surface area (Å²) in [7, 11) is 0. The zero-order chi connectivity index (χ0) is 14.4. The predicted octanol–water partition coefficient (Wildman–Crippen LogP) is 3.54. The predicted molar refractivity (Wildman–Crippen MR) is 83.6 cm³/mol. The maximum absolute atomic E-state index is 11.9. The lowest BCUT2D eigenvalue weighted by atomic mass is 10.1. The quantitative estimate of drug-likeness (QED) is 0.815. The minimum atomic E-state index is 0.0498. The highest BCUT2D eigenvalue weighted by molar-refractivity contribution is 5.91. The summed E-state index contributed by atoms with van der Waals surface area (Å²) in [4.78, 5) is 11.9. The number of benzene rings is 2. The molecule has 0 aliphatic rings. The summed E-state index contributed by atoms with van der Waals surface area (Å²) in [6.07, 6.45) is 2.30. The molecule has 0 fully saturated rings. The van der Waals surface area contributed by atoms with Gasteiger partial charge in [0.15, 0.2) is 0 Å². The number of anilines is 2. The van der Waals surface area contributed by atoms with Gasteiger partial charge >= 0.3 is 0 Å². The fraction of sp³-hybridized carbons (Fsp3) is 0.235. The second-order valence-corrected chi connectivity index (χ2v) is 4.96. The number of nitrogen functional groups attached to an aromatic ring is 1. The first-order valence-electron chi connectivity index (χ1n) is 6.85. The number of nitrogens with two attached hydrogens (primary N) is 1. The van der Waals surface area contributed by atoms with Crippen LogP contribution in [0, 0.1) is 6.92 Å². The molecule has 0 atom stereocenters. The molecule has 0 aliphatic heterocycles. The van der Waals surface area contributed by atoms with Gasteiger partial charge < -0.3 is 11.1 Å². The number of carbonyl (C=O) groups is 1. The largest absolute Gasteiger partial charge is 0.399 e. The Kier molecular flexibility index (Phi) is 4.77. The molecule has 0 aromatic heterocycles. The van der Waals surface area contributed by atoms with Crippen molar-refractivity contribution < 1.29 is 4.79 Å². The fourth-order valence-electron chi connectivity index (χ4n) is 2.14. The average molecular weight is 268 g/mol. The molecule has 1 amide bonds. The lowest BCUT2D eigenvalue weighted by molar-refractivity contribution is -0.116. The number of aryl methyl sites for hydroxylation is 2. The minimum absolute atomic E-state index is 0.0498. The first kappa shape index (κ1) is 14.1. The van der Waals surface area contributed by atoms with Gasteiger partial charge in [0.25, 0.3) is 0 Å². The van der Waals surface area contributed by atoms with E-state index < -0.39 is 0 Å². The van der Waals surface area contributed by atoms with Crippen LogP contribution >= 0.6 is 0 Å². The third-order valence-corrected chi connectivity index (χ3v) is 3.24. The molecule has 0 bridgehead atoms. The van der Waals surface area contributed by atoms with E-state index in [1.165, 1.54) is 5.56 Å². The Balaban J connectivity index is 1.81. The van der Waals surface area contributed by atoms with Crippen LogP contribution in [0.25, 0.3) is 0 Å². The molecule has 104 valence electrons. The lowest BCUT2D eigenvalue weighted by Gasteiger charge is -2.09. The molecule has 0 unspecified atom stereocenters. The van der Waals surface area contributed by atoms with E-state index in [0.29, 0.717) is 12.1 Å². The minimum Gasteiger partial charge on any atom is -0.399 e. The van der Waals surface area contributed by atoms with Gasteiger partial charge in [-0.1, -0.05) is 30.3 Å². The molecule has 2 aromatic rings. The van der Waals surface area contributed by atoms with Crippen molar-refractivity contribution in [1.29, 1.82) is 0 Å². The van der Waals surface area contributed by atoms with Gasteiger partial charge in [-0.05, 0) is 49.1 Å². The summed E-state index contributed by atoms with van der Waals surface area (Å²) < 4.78 is 0. The fourth-order valence-corrected chi connectivity index (χ4v) is 2.14. The number of rotatable bonds is 5. The van der Waals surface area contributed by atoms with E-state index in [2.05, 4.69) is 17.4 Å². The molecule has 0 saturated heterocycles. The normalized spacial score (nSPS) is 10.2. The van der Waals surface area contributed by atoms with Crippen LogP contribution < -0.4 is 11.1 Å². The van der Waals surface area contributed by atoms with Gasteiger partial charge in [-0.3, -0.25) is 4.79 Å². The van der Waals surface area contributed by atoms with Crippen molar-refractivity contribution in [2.45, 2.75) is 26.2 Å². The Morgan fingerprint density at radius 3 is 2.60 bits per heavy atom. The molecule has 3 N–H and O–H groups in total. The maximum atomic E-state index is 11.9. The van der Waals surface area contributed by atoms with Gasteiger partial charge in [0, 0.05) is 17.8 Å². The van der Waals surface area contributed by atoms with Crippen LogP contribution in [0.5, 0.6) is 0 Å². The van der Waals surface area contributed by atoms with Gasteiger partial charge in [-0.15, -0.1) is 0 Å². The van der Waals surface area contributed by atoms with Gasteiger partial charge in [-0.2, -0.15) is 0 Å². The summed E-state index contributed by atoms with van der Waals surface area (Å²) in [5.74, 6) is 0.0498. The summed E-state index contributed by atoms with van der Waals surface area (Å²) in [5, 5.41) is 2.93. The molecule has 0 heterocycles. The van der Waals surface area contributed by atoms with E-state index in [1.54, 1.807) is 6.07 Å². The van der Waals surface area contributed by atoms with Gasteiger partial charge in [0.1, 0.15) is 0 Å². The Hall–Kier alpha value is -2.29. The van der Waals surface area contributed by atoms with E-state index in [1.807, 2.05) is 37.3 Å². The lowest BCUT2D eigenvalue weighted by Crippen LogP contribution is -2.12. The number of amides is 1. The molecular formula is C17H20N2O. The van der Waals surface area contributed by atoms with Crippen LogP contribution in [-0.4, -0.2) is 5.91 Å². The molecule has 2 aromatic carbocycles. The zero-order valence-corrected chi connectivity index (χ0v) is 11.7. The molecule has 3 nitrogen and oxygen atoms in total. The topological polar surface area (TPSA) is 55.1 Å². The van der Waals surface area contributed by atoms with Crippen molar-refractivity contribution in [3.05, 3.63) is 59.7 Å². The SMILES string of the molecule is Cc1cc(N)ccc1NC(=O)CCCc1ccccc1. The third kappa shape index (κ3) is 4.12. The molecule has 0 spiro atoms.